The number of hydrogen-bond donors (Lipinski definition) is 2. The fraction of sp³-hybridized carbons (Fsp3) is 0.217. The normalized spacial score (nSPS) is 13.5. The Balaban J connectivity index is 1.49. The zero-order valence-corrected chi connectivity index (χ0v) is 17.2. The van der Waals surface area contributed by atoms with Crippen molar-refractivity contribution < 1.29 is 14.3 Å². The van der Waals surface area contributed by atoms with Gasteiger partial charge in [-0.15, -0.1) is 0 Å². The summed E-state index contributed by atoms with van der Waals surface area (Å²) in [6.45, 7) is 3.80. The number of nitrogens with one attached hydrogen (secondary N) is 2. The molecule has 1 aliphatic rings. The molecule has 4 rings (SSSR count). The van der Waals surface area contributed by atoms with Gasteiger partial charge < -0.3 is 20.3 Å². The number of amides is 2. The second-order valence-electron chi connectivity index (χ2n) is 7.13. The van der Waals surface area contributed by atoms with Crippen LogP contribution in [0.25, 0.3) is 11.3 Å². The maximum Gasteiger partial charge on any atom is 0.254 e. The molecule has 8 heteroatoms. The highest BCUT2D eigenvalue weighted by Gasteiger charge is 2.18. The summed E-state index contributed by atoms with van der Waals surface area (Å²) in [6, 6.07) is 16.6. The van der Waals surface area contributed by atoms with Crippen molar-refractivity contribution in [2.45, 2.75) is 6.92 Å². The van der Waals surface area contributed by atoms with E-state index in [9.17, 15) is 9.59 Å². The summed E-state index contributed by atoms with van der Waals surface area (Å²) in [5.74, 6) is 0.302. The summed E-state index contributed by atoms with van der Waals surface area (Å²) < 4.78 is 5.32. The molecule has 0 unspecified atom stereocenters. The lowest BCUT2D eigenvalue weighted by Crippen LogP contribution is -2.40. The number of morpholine rings is 1. The predicted molar refractivity (Wildman–Crippen MR) is 118 cm³/mol. The molecule has 2 N–H and O–H groups in total. The van der Waals surface area contributed by atoms with Crippen molar-refractivity contribution in [1.29, 1.82) is 0 Å². The Morgan fingerprint density at radius 1 is 1.00 bits per heavy atom. The summed E-state index contributed by atoms with van der Waals surface area (Å²) in [5.41, 5.74) is 3.71. The molecule has 2 heterocycles. The zero-order chi connectivity index (χ0) is 21.6. The lowest BCUT2D eigenvalue weighted by Gasteiger charge is -2.27. The Labute approximate surface area is 180 Å². The molecule has 2 amide bonds. The molecule has 0 aliphatic carbocycles. The number of rotatable bonds is 5. The van der Waals surface area contributed by atoms with Gasteiger partial charge in [0, 0.05) is 48.7 Å². The number of nitrogens with zero attached hydrogens (tertiary/aromatic N) is 3. The highest BCUT2D eigenvalue weighted by molar-refractivity contribution is 5.95. The third kappa shape index (κ3) is 5.23. The fourth-order valence-corrected chi connectivity index (χ4v) is 3.32. The molecule has 1 saturated heterocycles. The van der Waals surface area contributed by atoms with Crippen molar-refractivity contribution in [3.63, 3.8) is 0 Å². The van der Waals surface area contributed by atoms with Crippen LogP contribution in [0.4, 0.5) is 17.3 Å². The highest BCUT2D eigenvalue weighted by atomic mass is 16.5. The van der Waals surface area contributed by atoms with Crippen molar-refractivity contribution in [2.75, 3.05) is 36.9 Å². The van der Waals surface area contributed by atoms with E-state index < -0.39 is 0 Å². The SMILES string of the molecule is CC(=O)Nc1ccc(-c2ccnc(Nc3cccc(C(=O)N4CCOCC4)c3)n2)cc1. The summed E-state index contributed by atoms with van der Waals surface area (Å²) in [6.07, 6.45) is 1.68. The average molecular weight is 417 g/mol. The van der Waals surface area contributed by atoms with Crippen LogP contribution in [0.15, 0.2) is 60.8 Å². The monoisotopic (exact) mass is 417 g/mol. The minimum Gasteiger partial charge on any atom is -0.378 e. The third-order valence-electron chi connectivity index (χ3n) is 4.82. The second kappa shape index (κ2) is 9.36. The summed E-state index contributed by atoms with van der Waals surface area (Å²) in [4.78, 5) is 34.6. The first kappa shape index (κ1) is 20.5. The maximum absolute atomic E-state index is 12.7. The first-order valence-corrected chi connectivity index (χ1v) is 10.0. The minimum absolute atomic E-state index is 0.0131. The van der Waals surface area contributed by atoms with E-state index in [0.717, 1.165) is 22.6 Å². The molecule has 2 aromatic carbocycles. The first-order valence-electron chi connectivity index (χ1n) is 10.0. The third-order valence-corrected chi connectivity index (χ3v) is 4.82. The molecular formula is C23H23N5O3. The molecule has 1 fully saturated rings. The van der Waals surface area contributed by atoms with Gasteiger partial charge in [0.15, 0.2) is 0 Å². The molecule has 0 radical (unpaired) electrons. The number of ether oxygens (including phenoxy) is 1. The Morgan fingerprint density at radius 3 is 2.52 bits per heavy atom. The van der Waals surface area contributed by atoms with Crippen LogP contribution in [0.2, 0.25) is 0 Å². The van der Waals surface area contributed by atoms with Crippen LogP contribution in [-0.4, -0.2) is 53.0 Å². The van der Waals surface area contributed by atoms with Crippen LogP contribution in [0, 0.1) is 0 Å². The van der Waals surface area contributed by atoms with E-state index >= 15 is 0 Å². The molecule has 0 bridgehead atoms. The van der Waals surface area contributed by atoms with Crippen molar-refractivity contribution in [1.82, 2.24) is 14.9 Å². The van der Waals surface area contributed by atoms with Crippen molar-refractivity contribution in [3.05, 3.63) is 66.4 Å². The largest absolute Gasteiger partial charge is 0.378 e. The van der Waals surface area contributed by atoms with E-state index in [1.807, 2.05) is 42.5 Å². The van der Waals surface area contributed by atoms with Gasteiger partial charge in [-0.2, -0.15) is 0 Å². The number of benzene rings is 2. The lowest BCUT2D eigenvalue weighted by molar-refractivity contribution is -0.114. The standard InChI is InChI=1S/C23H23N5O3/c1-16(29)25-19-7-5-17(6-8-19)21-9-10-24-23(27-21)26-20-4-2-3-18(15-20)22(30)28-11-13-31-14-12-28/h2-10,15H,11-14H2,1H3,(H,25,29)(H,24,26,27). The van der Waals surface area contributed by atoms with Crippen molar-refractivity contribution >= 4 is 29.1 Å². The van der Waals surface area contributed by atoms with E-state index in [-0.39, 0.29) is 11.8 Å². The fourth-order valence-electron chi connectivity index (χ4n) is 3.32. The maximum atomic E-state index is 12.7. The summed E-state index contributed by atoms with van der Waals surface area (Å²) in [5, 5.41) is 5.92. The van der Waals surface area contributed by atoms with Crippen molar-refractivity contribution in [2.24, 2.45) is 0 Å². The van der Waals surface area contributed by atoms with Gasteiger partial charge in [-0.25, -0.2) is 9.97 Å². The first-order chi connectivity index (χ1) is 15.1. The van der Waals surface area contributed by atoms with E-state index in [0.29, 0.717) is 37.8 Å². The quantitative estimate of drug-likeness (QED) is 0.661. The van der Waals surface area contributed by atoms with Crippen molar-refractivity contribution in [3.8, 4) is 11.3 Å². The average Bonchev–Trinajstić information content (AvgIpc) is 2.80. The van der Waals surface area contributed by atoms with Gasteiger partial charge >= 0.3 is 0 Å². The molecule has 31 heavy (non-hydrogen) atoms. The van der Waals surface area contributed by atoms with Crippen LogP contribution in [0.1, 0.15) is 17.3 Å². The summed E-state index contributed by atoms with van der Waals surface area (Å²) in [7, 11) is 0. The Morgan fingerprint density at radius 2 is 1.77 bits per heavy atom. The highest BCUT2D eigenvalue weighted by Crippen LogP contribution is 2.22. The van der Waals surface area contributed by atoms with Gasteiger partial charge in [0.05, 0.1) is 18.9 Å². The molecule has 1 aliphatic heterocycles. The molecule has 1 aromatic heterocycles. The number of hydrogen-bond acceptors (Lipinski definition) is 6. The topological polar surface area (TPSA) is 96.5 Å². The molecular weight excluding hydrogens is 394 g/mol. The predicted octanol–water partition coefficient (Wildman–Crippen LogP) is 3.32. The van der Waals surface area contributed by atoms with Gasteiger partial charge in [0.2, 0.25) is 11.9 Å². The van der Waals surface area contributed by atoms with Gasteiger partial charge in [-0.05, 0) is 36.4 Å². The van der Waals surface area contributed by atoms with Crippen LogP contribution in [0.3, 0.4) is 0 Å². The molecule has 158 valence electrons. The Kier molecular flexibility index (Phi) is 6.18. The van der Waals surface area contributed by atoms with E-state index in [1.54, 1.807) is 23.2 Å². The van der Waals surface area contributed by atoms with Gasteiger partial charge in [0.1, 0.15) is 0 Å². The molecule has 0 spiro atoms. The van der Waals surface area contributed by atoms with Crippen LogP contribution >= 0.6 is 0 Å². The van der Waals surface area contributed by atoms with Crippen LogP contribution in [0.5, 0.6) is 0 Å². The Hall–Kier alpha value is -3.78. The minimum atomic E-state index is -0.115. The van der Waals surface area contributed by atoms with E-state index in [4.69, 9.17) is 4.74 Å². The molecule has 0 saturated carbocycles. The molecule has 0 atom stereocenters. The number of carbonyl (C=O) groups excluding carboxylic acids is 2. The van der Waals surface area contributed by atoms with Gasteiger partial charge in [-0.3, -0.25) is 9.59 Å². The number of aromatic nitrogens is 2. The molecule has 8 nitrogen and oxygen atoms in total. The van der Waals surface area contributed by atoms with Gasteiger partial charge in [0.25, 0.3) is 5.91 Å². The van der Waals surface area contributed by atoms with E-state index in [1.165, 1.54) is 6.92 Å². The van der Waals surface area contributed by atoms with Crippen LogP contribution < -0.4 is 10.6 Å². The lowest BCUT2D eigenvalue weighted by atomic mass is 10.1. The number of carbonyl (C=O) groups is 2. The van der Waals surface area contributed by atoms with Gasteiger partial charge in [-0.1, -0.05) is 18.2 Å². The zero-order valence-electron chi connectivity index (χ0n) is 17.2. The second-order valence-corrected chi connectivity index (χ2v) is 7.13. The van der Waals surface area contributed by atoms with E-state index in [2.05, 4.69) is 20.6 Å². The smallest absolute Gasteiger partial charge is 0.254 e. The van der Waals surface area contributed by atoms with Crippen LogP contribution in [-0.2, 0) is 9.53 Å². The molecule has 3 aromatic rings. The number of anilines is 3. The Bertz CT molecular complexity index is 1080. The summed E-state index contributed by atoms with van der Waals surface area (Å²) >= 11 is 0.